The molecule has 0 N–H and O–H groups in total. The zero-order valence-corrected chi connectivity index (χ0v) is 31.2. The van der Waals surface area contributed by atoms with Crippen LogP contribution in [0.5, 0.6) is 0 Å². The van der Waals surface area contributed by atoms with Gasteiger partial charge in [-0.15, -0.1) is 0 Å². The fraction of sp³-hybridized carbons (Fsp3) is 0.0385. The molecule has 12 rings (SSSR count). The van der Waals surface area contributed by atoms with E-state index in [-0.39, 0.29) is 11.8 Å². The smallest absolute Gasteiger partial charge is 0.238 e. The van der Waals surface area contributed by atoms with E-state index < -0.39 is 0 Å². The lowest BCUT2D eigenvalue weighted by molar-refractivity contribution is 0.720. The molecule has 0 aliphatic heterocycles. The molecule has 0 spiro atoms. The molecule has 0 saturated heterocycles. The molecule has 0 bridgehead atoms. The molecule has 2 unspecified atom stereocenters. The van der Waals surface area contributed by atoms with Gasteiger partial charge in [-0.25, -0.2) is 4.98 Å². The molecule has 6 nitrogen and oxygen atoms in total. The number of para-hydroxylation sites is 3. The lowest BCUT2D eigenvalue weighted by Crippen LogP contribution is -2.17. The molecule has 0 amide bonds. The number of nitrogens with zero attached hydrogens (tertiary/aromatic N) is 6. The Morgan fingerprint density at radius 3 is 1.78 bits per heavy atom. The van der Waals surface area contributed by atoms with Crippen LogP contribution in [-0.4, -0.2) is 24.1 Å². The van der Waals surface area contributed by atoms with Gasteiger partial charge in [-0.05, 0) is 64.7 Å². The predicted molar refractivity (Wildman–Crippen MR) is 233 cm³/mol. The second-order valence-corrected chi connectivity index (χ2v) is 15.1. The molecule has 0 fully saturated rings. The van der Waals surface area contributed by atoms with E-state index in [1.54, 1.807) is 0 Å². The monoisotopic (exact) mass is 740 g/mol. The van der Waals surface area contributed by atoms with E-state index >= 15 is 0 Å². The van der Waals surface area contributed by atoms with Crippen molar-refractivity contribution in [3.8, 4) is 51.6 Å². The highest BCUT2D eigenvalue weighted by Gasteiger charge is 2.33. The van der Waals surface area contributed by atoms with Crippen LogP contribution in [-0.2, 0) is 0 Å². The summed E-state index contributed by atoms with van der Waals surface area (Å²) in [7, 11) is 0. The van der Waals surface area contributed by atoms with Crippen molar-refractivity contribution in [1.29, 1.82) is 5.26 Å². The van der Waals surface area contributed by atoms with Crippen LogP contribution in [0.2, 0.25) is 0 Å². The first kappa shape index (κ1) is 32.4. The molecule has 0 radical (unpaired) electrons. The van der Waals surface area contributed by atoms with Crippen LogP contribution in [0.1, 0.15) is 28.5 Å². The van der Waals surface area contributed by atoms with Gasteiger partial charge < -0.3 is 4.57 Å². The van der Waals surface area contributed by atoms with E-state index in [1.807, 2.05) is 24.3 Å². The lowest BCUT2D eigenvalue weighted by atomic mass is 9.69. The number of hydrogen-bond donors (Lipinski definition) is 0. The summed E-state index contributed by atoms with van der Waals surface area (Å²) >= 11 is 0. The minimum Gasteiger partial charge on any atom is -0.307 e. The topological polar surface area (TPSA) is 72.3 Å². The van der Waals surface area contributed by atoms with E-state index in [0.29, 0.717) is 23.2 Å². The van der Waals surface area contributed by atoms with Crippen LogP contribution < -0.4 is 0 Å². The second-order valence-electron chi connectivity index (χ2n) is 15.1. The van der Waals surface area contributed by atoms with Crippen molar-refractivity contribution in [3.05, 3.63) is 199 Å². The number of hydrogen-bond acceptors (Lipinski definition) is 4. The van der Waals surface area contributed by atoms with Gasteiger partial charge in [-0.3, -0.25) is 4.57 Å². The Morgan fingerprint density at radius 2 is 1.07 bits per heavy atom. The third-order valence-electron chi connectivity index (χ3n) is 12.0. The summed E-state index contributed by atoms with van der Waals surface area (Å²) in [6.45, 7) is 0. The number of fused-ring (bicyclic) bond motifs is 13. The Labute approximate surface area is 333 Å². The third kappa shape index (κ3) is 4.74. The van der Waals surface area contributed by atoms with E-state index in [4.69, 9.17) is 15.0 Å². The molecule has 3 aromatic heterocycles. The zero-order valence-electron chi connectivity index (χ0n) is 31.2. The van der Waals surface area contributed by atoms with Gasteiger partial charge in [-0.1, -0.05) is 140 Å². The highest BCUT2D eigenvalue weighted by molar-refractivity contribution is 6.23. The van der Waals surface area contributed by atoms with Crippen molar-refractivity contribution < 1.29 is 0 Å². The molecule has 270 valence electrons. The number of nitriles is 1. The lowest BCUT2D eigenvalue weighted by Gasteiger charge is -2.34. The summed E-state index contributed by atoms with van der Waals surface area (Å²) in [5.41, 5.74) is 12.5. The highest BCUT2D eigenvalue weighted by Crippen LogP contribution is 2.50. The number of benzene rings is 7. The number of allylic oxidation sites excluding steroid dienone is 4. The van der Waals surface area contributed by atoms with Crippen LogP contribution in [0, 0.1) is 11.3 Å². The molecule has 7 aromatic carbocycles. The maximum Gasteiger partial charge on any atom is 0.238 e. The summed E-state index contributed by atoms with van der Waals surface area (Å²) in [5.74, 6) is 2.06. The first-order valence-electron chi connectivity index (χ1n) is 19.6. The quantitative estimate of drug-likeness (QED) is 0.180. The Balaban J connectivity index is 1.16. The fourth-order valence-corrected chi connectivity index (χ4v) is 9.44. The van der Waals surface area contributed by atoms with E-state index in [0.717, 1.165) is 66.2 Å². The van der Waals surface area contributed by atoms with Gasteiger partial charge in [0.25, 0.3) is 0 Å². The normalized spacial score (nSPS) is 15.4. The van der Waals surface area contributed by atoms with Gasteiger partial charge in [0.1, 0.15) is 0 Å². The summed E-state index contributed by atoms with van der Waals surface area (Å²) < 4.78 is 4.62. The molecular weight excluding hydrogens is 709 g/mol. The zero-order chi connectivity index (χ0) is 38.3. The number of aromatic nitrogens is 5. The van der Waals surface area contributed by atoms with Crippen LogP contribution in [0.15, 0.2) is 182 Å². The summed E-state index contributed by atoms with van der Waals surface area (Å²) in [5, 5.41) is 14.4. The molecule has 6 heteroatoms. The fourth-order valence-electron chi connectivity index (χ4n) is 9.44. The minimum atomic E-state index is 0.165. The van der Waals surface area contributed by atoms with Crippen molar-refractivity contribution in [3.63, 3.8) is 0 Å². The molecule has 3 heterocycles. The Morgan fingerprint density at radius 1 is 0.466 bits per heavy atom. The van der Waals surface area contributed by atoms with Gasteiger partial charge in [-0.2, -0.15) is 15.2 Å². The first-order chi connectivity index (χ1) is 28.7. The highest BCUT2D eigenvalue weighted by atomic mass is 15.2. The van der Waals surface area contributed by atoms with Gasteiger partial charge in [0.2, 0.25) is 5.95 Å². The Bertz CT molecular complexity index is 3420. The van der Waals surface area contributed by atoms with Crippen LogP contribution in [0.4, 0.5) is 0 Å². The van der Waals surface area contributed by atoms with Crippen molar-refractivity contribution in [2.75, 3.05) is 0 Å². The molecular formula is C52H32N6. The summed E-state index contributed by atoms with van der Waals surface area (Å²) in [4.78, 5) is 15.9. The summed E-state index contributed by atoms with van der Waals surface area (Å²) in [6, 6.07) is 57.5. The molecule has 58 heavy (non-hydrogen) atoms. The Kier molecular flexibility index (Phi) is 7.02. The summed E-state index contributed by atoms with van der Waals surface area (Å²) in [6.07, 6.45) is 8.77. The standard InChI is InChI=1S/C52H32N6/c53-31-32-23-25-39-44(29-32)37-18-8-7-17-36(37)38-26-24-34(30-45(38)39)51-54-50(33-13-3-1-4-14-33)55-52(56-51)58-47-22-12-10-20-41(47)43-28-27-42-40-19-9-11-21-46(40)57(48(42)49(43)58)35-15-5-2-6-16-35/h1-30,36-37H. The largest absolute Gasteiger partial charge is 0.307 e. The minimum absolute atomic E-state index is 0.165. The van der Waals surface area contributed by atoms with Gasteiger partial charge >= 0.3 is 0 Å². The van der Waals surface area contributed by atoms with Gasteiger partial charge in [0.05, 0.1) is 33.7 Å². The predicted octanol–water partition coefficient (Wildman–Crippen LogP) is 12.2. The third-order valence-corrected chi connectivity index (χ3v) is 12.0. The van der Waals surface area contributed by atoms with E-state index in [9.17, 15) is 5.26 Å². The first-order valence-corrected chi connectivity index (χ1v) is 19.6. The van der Waals surface area contributed by atoms with Crippen LogP contribution >= 0.6 is 0 Å². The SMILES string of the molecule is N#Cc1ccc2c(c1)C1C=CC=CC1c1ccc(-c3nc(-c4ccccc4)nc(-n4c5ccccc5c5ccc6c7ccccc7n(-c7ccccc7)c6c54)n3)cc1-2. The molecule has 0 saturated carbocycles. The van der Waals surface area contributed by atoms with Crippen molar-refractivity contribution >= 4 is 43.6 Å². The Hall–Kier alpha value is -7.88. The van der Waals surface area contributed by atoms with E-state index in [2.05, 4.69) is 173 Å². The second kappa shape index (κ2) is 12.6. The average molecular weight is 741 g/mol. The molecule has 2 aliphatic rings. The molecule has 2 atom stereocenters. The van der Waals surface area contributed by atoms with E-state index in [1.165, 1.54) is 16.5 Å². The van der Waals surface area contributed by atoms with Gasteiger partial charge in [0, 0.05) is 50.2 Å². The average Bonchev–Trinajstić information content (AvgIpc) is 3.82. The van der Waals surface area contributed by atoms with Crippen molar-refractivity contribution in [1.82, 2.24) is 24.1 Å². The van der Waals surface area contributed by atoms with Gasteiger partial charge in [0.15, 0.2) is 11.6 Å². The van der Waals surface area contributed by atoms with Crippen molar-refractivity contribution in [2.45, 2.75) is 11.8 Å². The number of rotatable bonds is 4. The maximum absolute atomic E-state index is 9.84. The molecule has 10 aromatic rings. The van der Waals surface area contributed by atoms with Crippen LogP contribution in [0.25, 0.3) is 89.2 Å². The maximum atomic E-state index is 9.84. The van der Waals surface area contributed by atoms with Crippen molar-refractivity contribution in [2.24, 2.45) is 0 Å². The molecule has 2 aliphatic carbocycles. The van der Waals surface area contributed by atoms with Crippen LogP contribution in [0.3, 0.4) is 0 Å².